The number of hydrogen-bond donors (Lipinski definition) is 1. The van der Waals surface area contributed by atoms with Gasteiger partial charge in [0.2, 0.25) is 0 Å². The molecule has 1 N–H and O–H groups in total. The van der Waals surface area contributed by atoms with Crippen LogP contribution in [-0.4, -0.2) is 22.7 Å². The number of rotatable bonds is 4. The molecule has 7 heteroatoms. The number of anilines is 1. The zero-order valence-corrected chi connectivity index (χ0v) is 13.9. The van der Waals surface area contributed by atoms with E-state index in [1.165, 1.54) is 12.1 Å². The van der Waals surface area contributed by atoms with Gasteiger partial charge in [0, 0.05) is 10.7 Å². The third kappa shape index (κ3) is 3.77. The summed E-state index contributed by atoms with van der Waals surface area (Å²) in [5.41, 5.74) is 1.41. The minimum absolute atomic E-state index is 0.0626. The predicted octanol–water partition coefficient (Wildman–Crippen LogP) is 4.59. The summed E-state index contributed by atoms with van der Waals surface area (Å²) in [4.78, 5) is 25.8. The molecule has 0 spiro atoms. The van der Waals surface area contributed by atoms with Crippen molar-refractivity contribution in [2.75, 3.05) is 12.0 Å². The number of nitrogens with zero attached hydrogens (tertiary/aromatic N) is 1. The molecule has 0 saturated carbocycles. The molecule has 0 atom stereocenters. The fourth-order valence-electron chi connectivity index (χ4n) is 2.08. The van der Waals surface area contributed by atoms with E-state index >= 15 is 0 Å². The van der Waals surface area contributed by atoms with Gasteiger partial charge in [-0.05, 0) is 59.8 Å². The quantitative estimate of drug-likeness (QED) is 0.808. The lowest BCUT2D eigenvalue weighted by atomic mass is 10.2. The number of carbonyl (C=O) groups excluding carboxylic acids is 2. The molecule has 2 amide bonds. The second kappa shape index (κ2) is 7.07. The second-order valence-electron chi connectivity index (χ2n) is 5.00. The van der Waals surface area contributed by atoms with Crippen molar-refractivity contribution in [1.29, 1.82) is 0 Å². The summed E-state index contributed by atoms with van der Waals surface area (Å²) < 4.78 is 12.9. The van der Waals surface area contributed by atoms with Gasteiger partial charge >= 0.3 is 0 Å². The van der Waals surface area contributed by atoms with E-state index in [4.69, 9.17) is 11.6 Å². The van der Waals surface area contributed by atoms with E-state index in [1.54, 1.807) is 42.5 Å². The minimum Gasteiger partial charge on any atom is -0.367 e. The van der Waals surface area contributed by atoms with Gasteiger partial charge in [-0.3, -0.25) is 14.5 Å². The molecule has 2 aromatic carbocycles. The maximum absolute atomic E-state index is 12.9. The van der Waals surface area contributed by atoms with Crippen LogP contribution in [0, 0.1) is 5.82 Å². The summed E-state index contributed by atoms with van der Waals surface area (Å²) in [6.45, 7) is 0.0626. The van der Waals surface area contributed by atoms with Gasteiger partial charge in [0.15, 0.2) is 0 Å². The number of thioether (sulfide) groups is 1. The van der Waals surface area contributed by atoms with E-state index in [9.17, 15) is 14.0 Å². The third-order valence-corrected chi connectivity index (χ3v) is 4.49. The van der Waals surface area contributed by atoms with Crippen molar-refractivity contribution in [2.45, 2.75) is 0 Å². The number of benzene rings is 2. The Hall–Kier alpha value is -2.31. The Bertz CT molecular complexity index is 806. The standard InChI is InChI=1S/C17H12ClFN2O2S/c18-12-3-7-14(8-4-12)20-10-21-16(22)15(24-17(21)23)9-11-1-5-13(19)6-2-11/h1-9,20H,10H2. The van der Waals surface area contributed by atoms with E-state index in [-0.39, 0.29) is 23.6 Å². The van der Waals surface area contributed by atoms with Crippen LogP contribution in [0.15, 0.2) is 53.4 Å². The summed E-state index contributed by atoms with van der Waals surface area (Å²) in [5, 5.41) is 3.26. The van der Waals surface area contributed by atoms with Crippen LogP contribution in [0.5, 0.6) is 0 Å². The first-order valence-corrected chi connectivity index (χ1v) is 8.23. The third-order valence-electron chi connectivity index (χ3n) is 3.33. The molecular formula is C17H12ClFN2O2S. The Morgan fingerprint density at radius 1 is 1.08 bits per heavy atom. The summed E-state index contributed by atoms with van der Waals surface area (Å²) in [7, 11) is 0. The number of halogens is 2. The van der Waals surface area contributed by atoms with E-state index in [0.717, 1.165) is 22.3 Å². The lowest BCUT2D eigenvalue weighted by Crippen LogP contribution is -2.33. The molecule has 1 heterocycles. The van der Waals surface area contributed by atoms with Gasteiger partial charge in [-0.2, -0.15) is 0 Å². The van der Waals surface area contributed by atoms with Crippen molar-refractivity contribution in [3.05, 3.63) is 69.8 Å². The summed E-state index contributed by atoms with van der Waals surface area (Å²) >= 11 is 6.67. The van der Waals surface area contributed by atoms with E-state index in [2.05, 4.69) is 5.32 Å². The molecule has 122 valence electrons. The predicted molar refractivity (Wildman–Crippen MR) is 94.2 cm³/mol. The maximum Gasteiger partial charge on any atom is 0.295 e. The van der Waals surface area contributed by atoms with Crippen LogP contribution in [0.4, 0.5) is 14.9 Å². The van der Waals surface area contributed by atoms with Crippen molar-refractivity contribution in [1.82, 2.24) is 4.90 Å². The van der Waals surface area contributed by atoms with E-state index in [1.807, 2.05) is 0 Å². The zero-order chi connectivity index (χ0) is 17.1. The molecule has 0 aromatic heterocycles. The molecule has 1 aliphatic rings. The number of hydrogen-bond acceptors (Lipinski definition) is 4. The number of amides is 2. The van der Waals surface area contributed by atoms with Crippen LogP contribution in [-0.2, 0) is 4.79 Å². The molecule has 24 heavy (non-hydrogen) atoms. The topological polar surface area (TPSA) is 49.4 Å². The Morgan fingerprint density at radius 3 is 2.42 bits per heavy atom. The first kappa shape index (κ1) is 16.5. The molecule has 2 aromatic rings. The Morgan fingerprint density at radius 2 is 1.75 bits per heavy atom. The zero-order valence-electron chi connectivity index (χ0n) is 12.3. The monoisotopic (exact) mass is 362 g/mol. The fourth-order valence-corrected chi connectivity index (χ4v) is 3.05. The Balaban J connectivity index is 1.69. The molecule has 0 unspecified atom stereocenters. The molecule has 0 aliphatic carbocycles. The highest BCUT2D eigenvalue weighted by Crippen LogP contribution is 2.32. The van der Waals surface area contributed by atoms with Crippen LogP contribution >= 0.6 is 23.4 Å². The maximum atomic E-state index is 12.9. The van der Waals surface area contributed by atoms with Crippen LogP contribution < -0.4 is 5.32 Å². The van der Waals surface area contributed by atoms with E-state index in [0.29, 0.717) is 15.5 Å². The highest BCUT2D eigenvalue weighted by atomic mass is 35.5. The smallest absolute Gasteiger partial charge is 0.295 e. The van der Waals surface area contributed by atoms with Crippen molar-refractivity contribution in [3.8, 4) is 0 Å². The largest absolute Gasteiger partial charge is 0.367 e. The second-order valence-corrected chi connectivity index (χ2v) is 6.43. The molecule has 0 bridgehead atoms. The van der Waals surface area contributed by atoms with Gasteiger partial charge in [-0.1, -0.05) is 23.7 Å². The summed E-state index contributed by atoms with van der Waals surface area (Å²) in [5.74, 6) is -0.733. The summed E-state index contributed by atoms with van der Waals surface area (Å²) in [6.07, 6.45) is 1.58. The van der Waals surface area contributed by atoms with Crippen molar-refractivity contribution >= 4 is 46.3 Å². The Labute approximate surface area is 147 Å². The van der Waals surface area contributed by atoms with Crippen LogP contribution in [0.3, 0.4) is 0 Å². The van der Waals surface area contributed by atoms with Gasteiger partial charge in [-0.15, -0.1) is 0 Å². The molecular weight excluding hydrogens is 351 g/mol. The van der Waals surface area contributed by atoms with Crippen molar-refractivity contribution < 1.29 is 14.0 Å². The molecule has 1 fully saturated rings. The van der Waals surface area contributed by atoms with Gasteiger partial charge in [0.1, 0.15) is 5.82 Å². The highest BCUT2D eigenvalue weighted by molar-refractivity contribution is 8.18. The van der Waals surface area contributed by atoms with Gasteiger partial charge in [0.05, 0.1) is 11.6 Å². The summed E-state index contributed by atoms with van der Waals surface area (Å²) in [6, 6.07) is 12.7. The Kier molecular flexibility index (Phi) is 4.87. The van der Waals surface area contributed by atoms with E-state index < -0.39 is 0 Å². The normalized spacial score (nSPS) is 16.1. The average molecular weight is 363 g/mol. The number of nitrogens with one attached hydrogen (secondary N) is 1. The number of imide groups is 1. The van der Waals surface area contributed by atoms with Gasteiger partial charge in [0.25, 0.3) is 11.1 Å². The van der Waals surface area contributed by atoms with Crippen molar-refractivity contribution in [2.24, 2.45) is 0 Å². The van der Waals surface area contributed by atoms with Gasteiger partial charge < -0.3 is 5.32 Å². The molecule has 4 nitrogen and oxygen atoms in total. The van der Waals surface area contributed by atoms with Crippen LogP contribution in [0.2, 0.25) is 5.02 Å². The van der Waals surface area contributed by atoms with Crippen molar-refractivity contribution in [3.63, 3.8) is 0 Å². The number of carbonyl (C=O) groups is 2. The first-order chi connectivity index (χ1) is 11.5. The lowest BCUT2D eigenvalue weighted by Gasteiger charge is -2.14. The SMILES string of the molecule is O=C1SC(=Cc2ccc(F)cc2)C(=O)N1CNc1ccc(Cl)cc1. The lowest BCUT2D eigenvalue weighted by molar-refractivity contribution is -0.122. The highest BCUT2D eigenvalue weighted by Gasteiger charge is 2.34. The van der Waals surface area contributed by atoms with Crippen LogP contribution in [0.25, 0.3) is 6.08 Å². The van der Waals surface area contributed by atoms with Gasteiger partial charge in [-0.25, -0.2) is 4.39 Å². The molecule has 1 saturated heterocycles. The molecule has 1 aliphatic heterocycles. The first-order valence-electron chi connectivity index (χ1n) is 7.03. The fraction of sp³-hybridized carbons (Fsp3) is 0.0588. The molecule has 3 rings (SSSR count). The molecule has 0 radical (unpaired) electrons. The average Bonchev–Trinajstić information content (AvgIpc) is 2.83. The minimum atomic E-state index is -0.379. The van der Waals surface area contributed by atoms with Crippen LogP contribution in [0.1, 0.15) is 5.56 Å².